The molecule has 10 heteroatoms. The Morgan fingerprint density at radius 3 is 2.52 bits per heavy atom. The highest BCUT2D eigenvalue weighted by Gasteiger charge is 2.15. The molecule has 0 radical (unpaired) electrons. The molecular weight excluding hydrogens is 396 g/mol. The maximum atomic E-state index is 12.4. The summed E-state index contributed by atoms with van der Waals surface area (Å²) < 4.78 is 36.9. The van der Waals surface area contributed by atoms with E-state index in [2.05, 4.69) is 19.9 Å². The van der Waals surface area contributed by atoms with Gasteiger partial charge in [0.1, 0.15) is 5.82 Å². The second kappa shape index (κ2) is 9.79. The van der Waals surface area contributed by atoms with Crippen molar-refractivity contribution in [2.75, 3.05) is 56.8 Å². The van der Waals surface area contributed by atoms with Gasteiger partial charge in [0.25, 0.3) is 5.91 Å². The zero-order valence-corrected chi connectivity index (χ0v) is 16.9. The predicted octanol–water partition coefficient (Wildman–Crippen LogP) is 1.10. The Balaban J connectivity index is 1.60. The SMILES string of the molecule is COCCNS(=O)(=O)c1ccc(C(=O)Nc2ccc(N3CCOCC3)cn2)cc1. The van der Waals surface area contributed by atoms with Gasteiger partial charge in [0.15, 0.2) is 0 Å². The number of sulfonamides is 1. The summed E-state index contributed by atoms with van der Waals surface area (Å²) >= 11 is 0. The van der Waals surface area contributed by atoms with Crippen LogP contribution in [0.4, 0.5) is 11.5 Å². The molecule has 156 valence electrons. The number of methoxy groups -OCH3 is 1. The summed E-state index contributed by atoms with van der Waals surface area (Å²) in [4.78, 5) is 18.9. The van der Waals surface area contributed by atoms with Crippen molar-refractivity contribution in [1.82, 2.24) is 9.71 Å². The van der Waals surface area contributed by atoms with Gasteiger partial charge in [-0.15, -0.1) is 0 Å². The third-order valence-electron chi connectivity index (χ3n) is 4.39. The molecule has 2 aromatic rings. The molecule has 1 saturated heterocycles. The van der Waals surface area contributed by atoms with E-state index in [9.17, 15) is 13.2 Å². The number of nitrogens with one attached hydrogen (secondary N) is 2. The van der Waals surface area contributed by atoms with Crippen LogP contribution >= 0.6 is 0 Å². The number of morpholine rings is 1. The number of amides is 1. The average molecular weight is 420 g/mol. The van der Waals surface area contributed by atoms with Crippen LogP contribution < -0.4 is 14.9 Å². The third kappa shape index (κ3) is 5.73. The van der Waals surface area contributed by atoms with E-state index in [1.54, 1.807) is 12.3 Å². The molecule has 0 unspecified atom stereocenters. The molecule has 0 aliphatic carbocycles. The van der Waals surface area contributed by atoms with Gasteiger partial charge in [-0.05, 0) is 36.4 Å². The van der Waals surface area contributed by atoms with Crippen molar-refractivity contribution >= 4 is 27.4 Å². The van der Waals surface area contributed by atoms with Crippen molar-refractivity contribution in [3.8, 4) is 0 Å². The Morgan fingerprint density at radius 1 is 1.17 bits per heavy atom. The summed E-state index contributed by atoms with van der Waals surface area (Å²) in [6.07, 6.45) is 1.71. The number of benzene rings is 1. The number of aromatic nitrogens is 1. The van der Waals surface area contributed by atoms with Gasteiger partial charge in [0.2, 0.25) is 10.0 Å². The van der Waals surface area contributed by atoms with Crippen LogP contribution in [-0.4, -0.2) is 65.9 Å². The molecular formula is C19H24N4O5S. The topological polar surface area (TPSA) is 110 Å². The van der Waals surface area contributed by atoms with Gasteiger partial charge >= 0.3 is 0 Å². The lowest BCUT2D eigenvalue weighted by atomic mass is 10.2. The second-order valence-electron chi connectivity index (χ2n) is 6.37. The van der Waals surface area contributed by atoms with Crippen LogP contribution in [0.1, 0.15) is 10.4 Å². The second-order valence-corrected chi connectivity index (χ2v) is 8.14. The first kappa shape index (κ1) is 21.2. The Morgan fingerprint density at radius 2 is 1.90 bits per heavy atom. The van der Waals surface area contributed by atoms with Gasteiger partial charge in [0.05, 0.1) is 36.6 Å². The van der Waals surface area contributed by atoms with Crippen molar-refractivity contribution in [2.24, 2.45) is 0 Å². The van der Waals surface area contributed by atoms with Gasteiger partial charge < -0.3 is 19.7 Å². The number of rotatable bonds is 8. The first-order valence-corrected chi connectivity index (χ1v) is 10.7. The van der Waals surface area contributed by atoms with E-state index in [-0.39, 0.29) is 24.0 Å². The fourth-order valence-corrected chi connectivity index (χ4v) is 3.82. The predicted molar refractivity (Wildman–Crippen MR) is 109 cm³/mol. The van der Waals surface area contributed by atoms with E-state index in [1.165, 1.54) is 31.4 Å². The Hall–Kier alpha value is -2.53. The molecule has 0 spiro atoms. The lowest BCUT2D eigenvalue weighted by Gasteiger charge is -2.28. The molecule has 9 nitrogen and oxygen atoms in total. The number of carbonyl (C=O) groups is 1. The van der Waals surface area contributed by atoms with Gasteiger partial charge in [-0.25, -0.2) is 18.1 Å². The summed E-state index contributed by atoms with van der Waals surface area (Å²) in [7, 11) is -2.14. The van der Waals surface area contributed by atoms with E-state index in [0.717, 1.165) is 18.8 Å². The number of nitrogens with zero attached hydrogens (tertiary/aromatic N) is 2. The van der Waals surface area contributed by atoms with E-state index < -0.39 is 10.0 Å². The molecule has 0 saturated carbocycles. The maximum Gasteiger partial charge on any atom is 0.256 e. The van der Waals surface area contributed by atoms with Crippen molar-refractivity contribution in [3.05, 3.63) is 48.2 Å². The fourth-order valence-electron chi connectivity index (χ4n) is 2.80. The van der Waals surface area contributed by atoms with Crippen LogP contribution in [0.5, 0.6) is 0 Å². The van der Waals surface area contributed by atoms with Crippen LogP contribution in [-0.2, 0) is 19.5 Å². The van der Waals surface area contributed by atoms with Gasteiger partial charge in [-0.3, -0.25) is 4.79 Å². The van der Waals surface area contributed by atoms with E-state index in [1.807, 2.05) is 6.07 Å². The number of carbonyl (C=O) groups excluding carboxylic acids is 1. The highest BCUT2D eigenvalue weighted by Crippen LogP contribution is 2.17. The zero-order valence-electron chi connectivity index (χ0n) is 16.1. The quantitative estimate of drug-likeness (QED) is 0.615. The van der Waals surface area contributed by atoms with Crippen LogP contribution in [0.3, 0.4) is 0 Å². The van der Waals surface area contributed by atoms with Crippen LogP contribution in [0.2, 0.25) is 0 Å². The molecule has 0 atom stereocenters. The molecule has 2 heterocycles. The number of ether oxygens (including phenoxy) is 2. The number of pyridine rings is 1. The molecule has 2 N–H and O–H groups in total. The van der Waals surface area contributed by atoms with Crippen LogP contribution in [0.25, 0.3) is 0 Å². The smallest absolute Gasteiger partial charge is 0.256 e. The number of hydrogen-bond acceptors (Lipinski definition) is 7. The minimum atomic E-state index is -3.64. The lowest BCUT2D eigenvalue weighted by Crippen LogP contribution is -2.36. The van der Waals surface area contributed by atoms with Gasteiger partial charge in [-0.2, -0.15) is 0 Å². The standard InChI is InChI=1S/C19H24N4O5S/c1-27-11-8-21-29(25,26)17-5-2-15(3-6-17)19(24)22-18-7-4-16(14-20-18)23-9-12-28-13-10-23/h2-7,14,21H,8-13H2,1H3,(H,20,22,24). The minimum Gasteiger partial charge on any atom is -0.383 e. The van der Waals surface area contributed by atoms with Gasteiger partial charge in [0, 0.05) is 32.3 Å². The maximum absolute atomic E-state index is 12.4. The molecule has 1 aromatic heterocycles. The molecule has 0 bridgehead atoms. The van der Waals surface area contributed by atoms with Crippen molar-refractivity contribution < 1.29 is 22.7 Å². The third-order valence-corrected chi connectivity index (χ3v) is 5.87. The van der Waals surface area contributed by atoms with Gasteiger partial charge in [-0.1, -0.05) is 0 Å². The van der Waals surface area contributed by atoms with Crippen molar-refractivity contribution in [1.29, 1.82) is 0 Å². The first-order chi connectivity index (χ1) is 14.0. The zero-order chi connectivity index (χ0) is 20.7. The Kier molecular flexibility index (Phi) is 7.15. The fraction of sp³-hybridized carbons (Fsp3) is 0.368. The average Bonchev–Trinajstić information content (AvgIpc) is 2.75. The lowest BCUT2D eigenvalue weighted by molar-refractivity contribution is 0.102. The first-order valence-electron chi connectivity index (χ1n) is 9.18. The highest BCUT2D eigenvalue weighted by atomic mass is 32.2. The Bertz CT molecular complexity index is 911. The summed E-state index contributed by atoms with van der Waals surface area (Å²) in [5, 5.41) is 2.71. The molecule has 29 heavy (non-hydrogen) atoms. The molecule has 1 fully saturated rings. The molecule has 1 aromatic carbocycles. The summed E-state index contributed by atoms with van der Waals surface area (Å²) in [5.74, 6) is 0.0536. The molecule has 1 amide bonds. The largest absolute Gasteiger partial charge is 0.383 e. The monoisotopic (exact) mass is 420 g/mol. The van der Waals surface area contributed by atoms with Crippen LogP contribution in [0.15, 0.2) is 47.5 Å². The summed E-state index contributed by atoms with van der Waals surface area (Å²) in [5.41, 5.74) is 1.31. The van der Waals surface area contributed by atoms with E-state index >= 15 is 0 Å². The normalized spacial score (nSPS) is 14.6. The number of hydrogen-bond donors (Lipinski definition) is 2. The molecule has 1 aliphatic heterocycles. The highest BCUT2D eigenvalue weighted by molar-refractivity contribution is 7.89. The van der Waals surface area contributed by atoms with E-state index in [0.29, 0.717) is 24.6 Å². The van der Waals surface area contributed by atoms with Crippen molar-refractivity contribution in [3.63, 3.8) is 0 Å². The summed E-state index contributed by atoms with van der Waals surface area (Å²) in [6.45, 7) is 3.44. The molecule has 3 rings (SSSR count). The Labute approximate surface area is 170 Å². The van der Waals surface area contributed by atoms with E-state index in [4.69, 9.17) is 9.47 Å². The van der Waals surface area contributed by atoms with Crippen LogP contribution in [0, 0.1) is 0 Å². The minimum absolute atomic E-state index is 0.0816. The van der Waals surface area contributed by atoms with Crippen molar-refractivity contribution in [2.45, 2.75) is 4.90 Å². The molecule has 1 aliphatic rings. The summed E-state index contributed by atoms with van der Waals surface area (Å²) in [6, 6.07) is 9.33. The number of anilines is 2.